The molecule has 3 rings (SSSR count). The molecule has 1 saturated heterocycles. The van der Waals surface area contributed by atoms with E-state index in [4.69, 9.17) is 9.15 Å². The lowest BCUT2D eigenvalue weighted by Gasteiger charge is -2.10. The van der Waals surface area contributed by atoms with E-state index in [9.17, 15) is 4.79 Å². The first-order valence-electron chi connectivity index (χ1n) is 7.99. The molecule has 0 spiro atoms. The van der Waals surface area contributed by atoms with Gasteiger partial charge in [-0.25, -0.2) is 0 Å². The van der Waals surface area contributed by atoms with Gasteiger partial charge in [0.2, 0.25) is 17.7 Å². The molecular weight excluding hydrogens is 294 g/mol. The van der Waals surface area contributed by atoms with Gasteiger partial charge in [-0.1, -0.05) is 18.2 Å². The van der Waals surface area contributed by atoms with Crippen molar-refractivity contribution in [2.75, 3.05) is 13.2 Å². The number of carbonyl (C=O) groups excluding carboxylic acids is 1. The van der Waals surface area contributed by atoms with Gasteiger partial charge in [0.1, 0.15) is 0 Å². The Hall–Kier alpha value is -2.21. The van der Waals surface area contributed by atoms with E-state index in [1.807, 2.05) is 31.2 Å². The number of hydrogen-bond donors (Lipinski definition) is 1. The van der Waals surface area contributed by atoms with Crippen LogP contribution in [0.2, 0.25) is 0 Å². The zero-order chi connectivity index (χ0) is 16.1. The van der Waals surface area contributed by atoms with Crippen molar-refractivity contribution in [3.63, 3.8) is 0 Å². The Morgan fingerprint density at radius 1 is 1.35 bits per heavy atom. The SMILES string of the molecule is Cc1ccccc1-c1nnc(CCC(=O)NCC2CCCO2)o1. The minimum absolute atomic E-state index is 0.0175. The predicted octanol–water partition coefficient (Wildman–Crippen LogP) is 2.27. The zero-order valence-corrected chi connectivity index (χ0v) is 13.2. The third-order valence-corrected chi connectivity index (χ3v) is 3.96. The van der Waals surface area contributed by atoms with Crippen molar-refractivity contribution in [1.29, 1.82) is 0 Å². The Balaban J connectivity index is 1.49. The normalized spacial score (nSPS) is 17.3. The van der Waals surface area contributed by atoms with Gasteiger partial charge in [-0.05, 0) is 31.4 Å². The number of amides is 1. The van der Waals surface area contributed by atoms with E-state index in [0.717, 1.165) is 30.6 Å². The molecule has 1 aliphatic heterocycles. The Bertz CT molecular complexity index is 663. The number of ether oxygens (including phenoxy) is 1. The average Bonchev–Trinajstić information content (AvgIpc) is 3.23. The molecule has 1 fully saturated rings. The molecule has 1 unspecified atom stereocenters. The van der Waals surface area contributed by atoms with Crippen LogP contribution in [0, 0.1) is 6.92 Å². The van der Waals surface area contributed by atoms with Gasteiger partial charge in [0.25, 0.3) is 0 Å². The van der Waals surface area contributed by atoms with E-state index in [0.29, 0.717) is 31.2 Å². The van der Waals surface area contributed by atoms with Gasteiger partial charge in [-0.3, -0.25) is 4.79 Å². The molecule has 0 saturated carbocycles. The van der Waals surface area contributed by atoms with Crippen molar-refractivity contribution >= 4 is 5.91 Å². The van der Waals surface area contributed by atoms with E-state index in [-0.39, 0.29) is 12.0 Å². The zero-order valence-electron chi connectivity index (χ0n) is 13.2. The van der Waals surface area contributed by atoms with Crippen LogP contribution in [0.1, 0.15) is 30.7 Å². The van der Waals surface area contributed by atoms with Gasteiger partial charge in [0.15, 0.2) is 0 Å². The maximum Gasteiger partial charge on any atom is 0.247 e. The van der Waals surface area contributed by atoms with Crippen LogP contribution >= 0.6 is 0 Å². The molecule has 1 amide bonds. The van der Waals surface area contributed by atoms with E-state index in [1.54, 1.807) is 0 Å². The number of hydrogen-bond acceptors (Lipinski definition) is 5. The molecule has 1 aliphatic rings. The fraction of sp³-hybridized carbons (Fsp3) is 0.471. The Kier molecular flexibility index (Phi) is 5.02. The smallest absolute Gasteiger partial charge is 0.247 e. The molecule has 122 valence electrons. The molecule has 23 heavy (non-hydrogen) atoms. The minimum atomic E-state index is -0.0175. The second-order valence-electron chi connectivity index (χ2n) is 5.75. The lowest BCUT2D eigenvalue weighted by molar-refractivity contribution is -0.121. The summed E-state index contributed by atoms with van der Waals surface area (Å²) >= 11 is 0. The third kappa shape index (κ3) is 4.16. The first-order chi connectivity index (χ1) is 11.2. The number of benzene rings is 1. The topological polar surface area (TPSA) is 77.2 Å². The van der Waals surface area contributed by atoms with Crippen molar-refractivity contribution in [1.82, 2.24) is 15.5 Å². The van der Waals surface area contributed by atoms with Gasteiger partial charge in [-0.15, -0.1) is 10.2 Å². The Morgan fingerprint density at radius 3 is 3.00 bits per heavy atom. The maximum absolute atomic E-state index is 11.8. The van der Waals surface area contributed by atoms with Crippen molar-refractivity contribution in [2.45, 2.75) is 38.7 Å². The fourth-order valence-electron chi connectivity index (χ4n) is 2.62. The number of carbonyl (C=O) groups is 1. The summed E-state index contributed by atoms with van der Waals surface area (Å²) in [6.45, 7) is 3.37. The number of nitrogens with one attached hydrogen (secondary N) is 1. The highest BCUT2D eigenvalue weighted by atomic mass is 16.5. The summed E-state index contributed by atoms with van der Waals surface area (Å²) in [7, 11) is 0. The van der Waals surface area contributed by atoms with Gasteiger partial charge >= 0.3 is 0 Å². The molecular formula is C17H21N3O3. The van der Waals surface area contributed by atoms with Gasteiger partial charge < -0.3 is 14.5 Å². The van der Waals surface area contributed by atoms with Crippen LogP contribution in [0.3, 0.4) is 0 Å². The molecule has 1 N–H and O–H groups in total. The van der Waals surface area contributed by atoms with Crippen LogP contribution in [0.4, 0.5) is 0 Å². The number of nitrogens with zero attached hydrogens (tertiary/aromatic N) is 2. The maximum atomic E-state index is 11.8. The molecule has 1 aromatic carbocycles. The van der Waals surface area contributed by atoms with Crippen LogP contribution in [-0.4, -0.2) is 35.4 Å². The highest BCUT2D eigenvalue weighted by molar-refractivity contribution is 5.76. The van der Waals surface area contributed by atoms with Crippen LogP contribution in [-0.2, 0) is 16.0 Å². The summed E-state index contributed by atoms with van der Waals surface area (Å²) in [5, 5.41) is 11.0. The van der Waals surface area contributed by atoms with E-state index >= 15 is 0 Å². The first kappa shape index (κ1) is 15.7. The van der Waals surface area contributed by atoms with E-state index in [1.165, 1.54) is 0 Å². The summed E-state index contributed by atoms with van der Waals surface area (Å²) in [6, 6.07) is 7.85. The summed E-state index contributed by atoms with van der Waals surface area (Å²) in [6.07, 6.45) is 3.03. The van der Waals surface area contributed by atoms with Crippen molar-refractivity contribution in [3.8, 4) is 11.5 Å². The molecule has 6 nitrogen and oxygen atoms in total. The van der Waals surface area contributed by atoms with E-state index in [2.05, 4.69) is 15.5 Å². The molecule has 1 aromatic heterocycles. The lowest BCUT2D eigenvalue weighted by Crippen LogP contribution is -2.31. The second-order valence-corrected chi connectivity index (χ2v) is 5.75. The summed E-state index contributed by atoms with van der Waals surface area (Å²) in [4.78, 5) is 11.8. The van der Waals surface area contributed by atoms with Gasteiger partial charge in [-0.2, -0.15) is 0 Å². The van der Waals surface area contributed by atoms with Gasteiger partial charge in [0, 0.05) is 31.6 Å². The second kappa shape index (κ2) is 7.37. The number of rotatable bonds is 6. The molecule has 6 heteroatoms. The predicted molar refractivity (Wildman–Crippen MR) is 84.8 cm³/mol. The number of aromatic nitrogens is 2. The van der Waals surface area contributed by atoms with Crippen molar-refractivity contribution < 1.29 is 13.9 Å². The molecule has 0 bridgehead atoms. The summed E-state index contributed by atoms with van der Waals surface area (Å²) < 4.78 is 11.1. The molecule has 0 radical (unpaired) electrons. The Morgan fingerprint density at radius 2 is 2.22 bits per heavy atom. The van der Waals surface area contributed by atoms with Crippen LogP contribution in [0.5, 0.6) is 0 Å². The lowest BCUT2D eigenvalue weighted by atomic mass is 10.1. The standard InChI is InChI=1S/C17H21N3O3/c1-12-5-2-3-7-14(12)17-20-19-16(23-17)9-8-15(21)18-11-13-6-4-10-22-13/h2-3,5,7,13H,4,6,8-11H2,1H3,(H,18,21). The summed E-state index contributed by atoms with van der Waals surface area (Å²) in [5.74, 6) is 0.963. The van der Waals surface area contributed by atoms with Crippen LogP contribution < -0.4 is 5.32 Å². The Labute approximate surface area is 135 Å². The monoisotopic (exact) mass is 315 g/mol. The minimum Gasteiger partial charge on any atom is -0.421 e. The molecule has 0 aliphatic carbocycles. The quantitative estimate of drug-likeness (QED) is 0.885. The number of aryl methyl sites for hydroxylation is 2. The van der Waals surface area contributed by atoms with Crippen molar-refractivity contribution in [3.05, 3.63) is 35.7 Å². The highest BCUT2D eigenvalue weighted by Crippen LogP contribution is 2.21. The van der Waals surface area contributed by atoms with Gasteiger partial charge in [0.05, 0.1) is 6.10 Å². The molecule has 2 heterocycles. The average molecular weight is 315 g/mol. The largest absolute Gasteiger partial charge is 0.421 e. The van der Waals surface area contributed by atoms with Crippen LogP contribution in [0.15, 0.2) is 28.7 Å². The third-order valence-electron chi connectivity index (χ3n) is 3.96. The van der Waals surface area contributed by atoms with Crippen LogP contribution in [0.25, 0.3) is 11.5 Å². The van der Waals surface area contributed by atoms with Crippen molar-refractivity contribution in [2.24, 2.45) is 0 Å². The molecule has 2 aromatic rings. The molecule has 1 atom stereocenters. The fourth-order valence-corrected chi connectivity index (χ4v) is 2.62. The first-order valence-corrected chi connectivity index (χ1v) is 7.99. The van der Waals surface area contributed by atoms with E-state index < -0.39 is 0 Å². The summed E-state index contributed by atoms with van der Waals surface area (Å²) in [5.41, 5.74) is 2.01. The highest BCUT2D eigenvalue weighted by Gasteiger charge is 2.16.